The topological polar surface area (TPSA) is 61.6 Å². The van der Waals surface area contributed by atoms with Crippen LogP contribution in [0.15, 0.2) is 42.5 Å². The highest BCUT2D eigenvalue weighted by atomic mass is 16.4. The van der Waals surface area contributed by atoms with Crippen molar-refractivity contribution in [1.82, 2.24) is 0 Å². The van der Waals surface area contributed by atoms with Crippen LogP contribution in [0.2, 0.25) is 0 Å². The smallest absolute Gasteiger partial charge is 0.373 e. The second-order valence-electron chi connectivity index (χ2n) is 16.0. The maximum atomic E-state index is 11.6. The van der Waals surface area contributed by atoms with E-state index < -0.39 is 0 Å². The monoisotopic (exact) mass is 569 g/mol. The molecule has 0 aliphatic heterocycles. The summed E-state index contributed by atoms with van der Waals surface area (Å²) in [5, 5.41) is 15.0. The van der Waals surface area contributed by atoms with Gasteiger partial charge < -0.3 is 5.21 Å². The maximum Gasteiger partial charge on any atom is 0.373 e. The van der Waals surface area contributed by atoms with Crippen molar-refractivity contribution < 1.29 is 9.59 Å². The molecule has 0 amide bonds. The SMILES string of the molecule is C=C(C)[C@@H]1CC[C@]2(C#[N+][O-])CC[C@]3(C)[C@H](CC[C@@H]4[C@@]5(C)CC=C(c6ccc(C)cc6)C(C)(C)[C@@H]5CC[C@]43C)[C@@H]12.O=C=O. The van der Waals surface area contributed by atoms with Crippen molar-refractivity contribution in [3.63, 3.8) is 0 Å². The van der Waals surface area contributed by atoms with Crippen molar-refractivity contribution in [2.24, 2.45) is 56.7 Å². The van der Waals surface area contributed by atoms with E-state index in [1.165, 1.54) is 55.2 Å². The first-order valence-corrected chi connectivity index (χ1v) is 16.3. The lowest BCUT2D eigenvalue weighted by Crippen LogP contribution is -2.65. The van der Waals surface area contributed by atoms with Crippen molar-refractivity contribution in [2.45, 2.75) is 106 Å². The largest absolute Gasteiger partial charge is 0.498 e. The molecule has 5 aliphatic carbocycles. The number of fused-ring (bicyclic) bond motifs is 7. The molecular formula is C38H51NO3. The first-order chi connectivity index (χ1) is 19.8. The van der Waals surface area contributed by atoms with Gasteiger partial charge in [-0.25, -0.2) is 0 Å². The predicted molar refractivity (Wildman–Crippen MR) is 169 cm³/mol. The zero-order valence-electron chi connectivity index (χ0n) is 27.0. The van der Waals surface area contributed by atoms with E-state index in [-0.39, 0.29) is 22.4 Å². The molecule has 4 heteroatoms. The summed E-state index contributed by atoms with van der Waals surface area (Å²) in [5.41, 5.74) is 6.59. The molecule has 4 saturated carbocycles. The molecule has 4 fully saturated rings. The van der Waals surface area contributed by atoms with E-state index in [2.05, 4.69) is 96.5 Å². The van der Waals surface area contributed by atoms with Gasteiger partial charge in [-0.2, -0.15) is 9.59 Å². The summed E-state index contributed by atoms with van der Waals surface area (Å²) in [6.07, 6.45) is 13.8. The summed E-state index contributed by atoms with van der Waals surface area (Å²) < 4.78 is 0. The van der Waals surface area contributed by atoms with Gasteiger partial charge in [0, 0.05) is 5.01 Å². The molecule has 5 aliphatic rings. The Hall–Kier alpha value is -2.63. The molecule has 1 aromatic carbocycles. The van der Waals surface area contributed by atoms with E-state index >= 15 is 0 Å². The number of aryl methyl sites for hydroxylation is 1. The minimum atomic E-state index is -0.127. The van der Waals surface area contributed by atoms with Crippen molar-refractivity contribution in [3.8, 4) is 6.07 Å². The van der Waals surface area contributed by atoms with Crippen LogP contribution in [0.3, 0.4) is 0 Å². The van der Waals surface area contributed by atoms with Gasteiger partial charge in [0.1, 0.15) is 5.41 Å². The van der Waals surface area contributed by atoms with Gasteiger partial charge in [-0.05, 0) is 134 Å². The van der Waals surface area contributed by atoms with E-state index in [0.717, 1.165) is 25.2 Å². The van der Waals surface area contributed by atoms with Gasteiger partial charge in [0.2, 0.25) is 0 Å². The zero-order valence-corrected chi connectivity index (χ0v) is 27.0. The summed E-state index contributed by atoms with van der Waals surface area (Å²) in [7, 11) is 0. The quantitative estimate of drug-likeness (QED) is 0.263. The Bertz CT molecular complexity index is 1360. The third-order valence-electron chi connectivity index (χ3n) is 14.3. The highest BCUT2D eigenvalue weighted by Crippen LogP contribution is 2.77. The van der Waals surface area contributed by atoms with E-state index in [0.29, 0.717) is 34.5 Å². The normalized spacial score (nSPS) is 42.8. The molecular weight excluding hydrogens is 518 g/mol. The lowest BCUT2D eigenvalue weighted by atomic mass is 9.32. The number of rotatable bonds is 2. The Morgan fingerprint density at radius 3 is 2.19 bits per heavy atom. The molecule has 0 unspecified atom stereocenters. The van der Waals surface area contributed by atoms with Gasteiger partial charge >= 0.3 is 12.2 Å². The molecule has 6 rings (SSSR count). The van der Waals surface area contributed by atoms with Crippen LogP contribution < -0.4 is 0 Å². The van der Waals surface area contributed by atoms with Crippen LogP contribution in [-0.4, -0.2) is 6.15 Å². The number of allylic oxidation sites excluding steroid dienone is 3. The summed E-state index contributed by atoms with van der Waals surface area (Å²) >= 11 is 0. The van der Waals surface area contributed by atoms with Crippen molar-refractivity contribution in [2.75, 3.05) is 0 Å². The third kappa shape index (κ3) is 4.21. The van der Waals surface area contributed by atoms with E-state index in [1.807, 2.05) is 0 Å². The van der Waals surface area contributed by atoms with Crippen LogP contribution in [0.1, 0.15) is 110 Å². The van der Waals surface area contributed by atoms with Gasteiger partial charge in [-0.1, -0.05) is 82.7 Å². The third-order valence-corrected chi connectivity index (χ3v) is 14.3. The molecule has 9 atom stereocenters. The van der Waals surface area contributed by atoms with Crippen molar-refractivity contribution in [1.29, 1.82) is 0 Å². The van der Waals surface area contributed by atoms with E-state index in [9.17, 15) is 5.21 Å². The van der Waals surface area contributed by atoms with Crippen molar-refractivity contribution >= 4 is 11.7 Å². The van der Waals surface area contributed by atoms with Gasteiger partial charge in [0.05, 0.1) is 0 Å². The van der Waals surface area contributed by atoms with E-state index in [4.69, 9.17) is 9.59 Å². The van der Waals surface area contributed by atoms with Crippen LogP contribution in [0.25, 0.3) is 10.6 Å². The number of nitrogens with zero attached hydrogens (tertiary/aromatic N) is 1. The average molecular weight is 570 g/mol. The standard InChI is InChI=1S/C37H51NO.CO2/c1-24(2)27-15-20-37(23-38-39)22-21-35(7)29(32(27)37)13-14-31-34(6)18-16-28(26-11-9-25(3)10-12-26)33(4,5)30(34)17-19-36(31,35)8;2-1-3/h9-12,16,27,29-32H,1,13-15,17-22H2,2-8H3;/t27-,29+,30-,31+,32+,34-,35+,36+,37+;/m0./s1. The summed E-state index contributed by atoms with van der Waals surface area (Å²) in [6, 6.07) is 12.4. The highest BCUT2D eigenvalue weighted by Gasteiger charge is 2.71. The van der Waals surface area contributed by atoms with Gasteiger partial charge in [-0.15, -0.1) is 0 Å². The fourth-order valence-electron chi connectivity index (χ4n) is 12.3. The predicted octanol–water partition coefficient (Wildman–Crippen LogP) is 9.89. The molecule has 0 spiro atoms. The minimum absolute atomic E-state index is 0.127. The fourth-order valence-corrected chi connectivity index (χ4v) is 12.3. The number of benzene rings is 1. The Labute approximate surface area is 253 Å². The highest BCUT2D eigenvalue weighted by molar-refractivity contribution is 5.71. The molecule has 0 saturated heterocycles. The summed E-state index contributed by atoms with van der Waals surface area (Å²) in [6.45, 7) is 22.0. The molecule has 0 heterocycles. The Kier molecular flexibility index (Phi) is 7.72. The molecule has 0 bridgehead atoms. The Morgan fingerprint density at radius 1 is 0.905 bits per heavy atom. The lowest BCUT2D eigenvalue weighted by Gasteiger charge is -2.72. The average Bonchev–Trinajstić information content (AvgIpc) is 3.30. The van der Waals surface area contributed by atoms with Crippen LogP contribution in [0.5, 0.6) is 0 Å². The second kappa shape index (κ2) is 10.5. The van der Waals surface area contributed by atoms with Gasteiger partial charge in [0.15, 0.2) is 0 Å². The van der Waals surface area contributed by atoms with E-state index in [1.54, 1.807) is 5.57 Å². The molecule has 42 heavy (non-hydrogen) atoms. The van der Waals surface area contributed by atoms with Gasteiger partial charge in [-0.3, -0.25) is 0 Å². The molecule has 0 radical (unpaired) electrons. The molecule has 0 N–H and O–H groups in total. The molecule has 0 aromatic heterocycles. The van der Waals surface area contributed by atoms with Crippen LogP contribution in [0, 0.1) is 74.9 Å². The molecule has 4 nitrogen and oxygen atoms in total. The van der Waals surface area contributed by atoms with Gasteiger partial charge in [0.25, 0.3) is 0 Å². The van der Waals surface area contributed by atoms with Crippen LogP contribution in [0.4, 0.5) is 0 Å². The lowest BCUT2D eigenvalue weighted by molar-refractivity contribution is -0.220. The molecule has 1 aromatic rings. The molecule has 226 valence electrons. The maximum absolute atomic E-state index is 11.6. The number of carbonyl (C=O) groups excluding carboxylic acids is 2. The van der Waals surface area contributed by atoms with Crippen LogP contribution >= 0.6 is 0 Å². The fraction of sp³-hybridized carbons (Fsp3) is 0.684. The van der Waals surface area contributed by atoms with Crippen molar-refractivity contribution in [3.05, 3.63) is 63.8 Å². The minimum Gasteiger partial charge on any atom is -0.498 e. The zero-order chi connectivity index (χ0) is 30.7. The van der Waals surface area contributed by atoms with Crippen LogP contribution in [-0.2, 0) is 9.59 Å². The first kappa shape index (κ1) is 30.8. The first-order valence-electron chi connectivity index (χ1n) is 16.3. The number of hydrogen-bond donors (Lipinski definition) is 0. The second-order valence-corrected chi connectivity index (χ2v) is 16.0. The Balaban J connectivity index is 0.00000113. The Morgan fingerprint density at radius 2 is 1.57 bits per heavy atom. The number of hydrogen-bond acceptors (Lipinski definition) is 3. The summed E-state index contributed by atoms with van der Waals surface area (Å²) in [5.74, 6) is 3.04. The summed E-state index contributed by atoms with van der Waals surface area (Å²) in [4.78, 5) is 16.2.